The van der Waals surface area contributed by atoms with E-state index in [-0.39, 0.29) is 28.8 Å². The number of carbonyl (C=O) groups is 2. The maximum atomic E-state index is 14.1. The Kier molecular flexibility index (Phi) is 11.3. The zero-order chi connectivity index (χ0) is 31.9. The van der Waals surface area contributed by atoms with Crippen molar-refractivity contribution in [3.8, 4) is 0 Å². The van der Waals surface area contributed by atoms with Gasteiger partial charge < -0.3 is 10.2 Å². The number of rotatable bonds is 12. The van der Waals surface area contributed by atoms with Crippen LogP contribution >= 0.6 is 11.6 Å². The lowest BCUT2D eigenvalue weighted by Crippen LogP contribution is -2.52. The third-order valence-electron chi connectivity index (χ3n) is 6.70. The van der Waals surface area contributed by atoms with Crippen molar-refractivity contribution < 1.29 is 31.2 Å². The Balaban J connectivity index is 2.13. The van der Waals surface area contributed by atoms with Gasteiger partial charge in [-0.2, -0.15) is 13.2 Å². The minimum absolute atomic E-state index is 0.0394. The quantitative estimate of drug-likeness (QED) is 0.248. The highest BCUT2D eigenvalue weighted by molar-refractivity contribution is 7.92. The first-order chi connectivity index (χ1) is 20.1. The van der Waals surface area contributed by atoms with E-state index in [4.69, 9.17) is 11.6 Å². The number of nitrogens with zero attached hydrogens (tertiary/aromatic N) is 2. The summed E-state index contributed by atoms with van der Waals surface area (Å²) in [5.41, 5.74) is 0.0104. The predicted molar refractivity (Wildman–Crippen MR) is 161 cm³/mol. The van der Waals surface area contributed by atoms with Gasteiger partial charge in [-0.25, -0.2) is 8.42 Å². The number of alkyl halides is 3. The molecule has 43 heavy (non-hydrogen) atoms. The molecule has 3 aromatic rings. The van der Waals surface area contributed by atoms with E-state index in [1.165, 1.54) is 29.2 Å². The number of sulfonamides is 1. The molecule has 2 amide bonds. The lowest BCUT2D eigenvalue weighted by atomic mass is 10.1. The first-order valence-electron chi connectivity index (χ1n) is 13.7. The second kappa shape index (κ2) is 14.3. The summed E-state index contributed by atoms with van der Waals surface area (Å²) in [7, 11) is -4.59. The number of aryl methyl sites for hydroxylation is 1. The standard InChI is InChI=1S/C31H35ClF3N3O4S/c1-5-27(30(40)36-18-21(2)3)37(19-23-13-11-22(4)12-14-23)29(39)20-38(43(41,42)25-9-7-6-8-10-25)28-17-24(31(33,34)35)15-16-26(28)32/h6-17,21,27H,5,18-20H2,1-4H3,(H,36,40). The maximum absolute atomic E-state index is 14.1. The minimum atomic E-state index is -4.80. The highest BCUT2D eigenvalue weighted by Gasteiger charge is 2.37. The zero-order valence-corrected chi connectivity index (χ0v) is 25.9. The summed E-state index contributed by atoms with van der Waals surface area (Å²) in [6, 6.07) is 15.6. The van der Waals surface area contributed by atoms with Crippen molar-refractivity contribution in [1.82, 2.24) is 10.2 Å². The molecule has 7 nitrogen and oxygen atoms in total. The smallest absolute Gasteiger partial charge is 0.354 e. The highest BCUT2D eigenvalue weighted by atomic mass is 35.5. The van der Waals surface area contributed by atoms with Crippen molar-refractivity contribution in [1.29, 1.82) is 0 Å². The molecular weight excluding hydrogens is 603 g/mol. The molecule has 12 heteroatoms. The van der Waals surface area contributed by atoms with Crippen LogP contribution in [0.5, 0.6) is 0 Å². The number of halogens is 4. The van der Waals surface area contributed by atoms with Gasteiger partial charge in [0.05, 0.1) is 21.2 Å². The molecule has 0 heterocycles. The Labute approximate surface area is 255 Å². The summed E-state index contributed by atoms with van der Waals surface area (Å²) in [5.74, 6) is -1.08. The van der Waals surface area contributed by atoms with Crippen molar-refractivity contribution in [3.63, 3.8) is 0 Å². The second-order valence-electron chi connectivity index (χ2n) is 10.6. The van der Waals surface area contributed by atoms with Gasteiger partial charge in [0.2, 0.25) is 11.8 Å². The Morgan fingerprint density at radius 3 is 2.16 bits per heavy atom. The second-order valence-corrected chi connectivity index (χ2v) is 12.8. The molecule has 0 aliphatic rings. The van der Waals surface area contributed by atoms with E-state index >= 15 is 0 Å². The molecule has 0 saturated heterocycles. The van der Waals surface area contributed by atoms with Gasteiger partial charge in [0.15, 0.2) is 0 Å². The third kappa shape index (κ3) is 8.73. The fourth-order valence-corrected chi connectivity index (χ4v) is 6.06. The number of nitrogens with one attached hydrogen (secondary N) is 1. The van der Waals surface area contributed by atoms with Gasteiger partial charge in [0.25, 0.3) is 10.0 Å². The summed E-state index contributed by atoms with van der Waals surface area (Å²) in [6.45, 7) is 6.86. The van der Waals surface area contributed by atoms with Crippen LogP contribution in [0.2, 0.25) is 5.02 Å². The highest BCUT2D eigenvalue weighted by Crippen LogP contribution is 2.37. The Hall–Kier alpha value is -3.57. The largest absolute Gasteiger partial charge is 0.416 e. The average Bonchev–Trinajstić information content (AvgIpc) is 2.95. The van der Waals surface area contributed by atoms with Crippen molar-refractivity contribution in [2.24, 2.45) is 5.92 Å². The monoisotopic (exact) mass is 637 g/mol. The first kappa shape index (κ1) is 33.9. The van der Waals surface area contributed by atoms with E-state index in [1.807, 2.05) is 32.9 Å². The predicted octanol–water partition coefficient (Wildman–Crippen LogP) is 6.44. The van der Waals surface area contributed by atoms with Crippen molar-refractivity contribution in [3.05, 3.63) is 94.5 Å². The molecule has 0 saturated carbocycles. The summed E-state index contributed by atoms with van der Waals surface area (Å²) in [6.07, 6.45) is -4.60. The van der Waals surface area contributed by atoms with E-state index in [9.17, 15) is 31.2 Å². The van der Waals surface area contributed by atoms with Crippen LogP contribution in [-0.2, 0) is 32.3 Å². The number of hydrogen-bond acceptors (Lipinski definition) is 4. The first-order valence-corrected chi connectivity index (χ1v) is 15.5. The molecular formula is C31H35ClF3N3O4S. The molecule has 0 fully saturated rings. The summed E-state index contributed by atoms with van der Waals surface area (Å²) >= 11 is 6.29. The van der Waals surface area contributed by atoms with Gasteiger partial charge >= 0.3 is 6.18 Å². The van der Waals surface area contributed by atoms with Gasteiger partial charge in [0, 0.05) is 13.1 Å². The van der Waals surface area contributed by atoms with Crippen molar-refractivity contribution >= 4 is 39.1 Å². The maximum Gasteiger partial charge on any atom is 0.416 e. The molecule has 1 N–H and O–H groups in total. The van der Waals surface area contributed by atoms with Crippen LogP contribution in [0.1, 0.15) is 43.9 Å². The van der Waals surface area contributed by atoms with E-state index in [0.717, 1.165) is 17.7 Å². The van der Waals surface area contributed by atoms with Gasteiger partial charge in [-0.15, -0.1) is 0 Å². The van der Waals surface area contributed by atoms with E-state index < -0.39 is 51.9 Å². The zero-order valence-electron chi connectivity index (χ0n) is 24.4. The SMILES string of the molecule is CCC(C(=O)NCC(C)C)N(Cc1ccc(C)cc1)C(=O)CN(c1cc(C(F)(F)F)ccc1Cl)S(=O)(=O)c1ccccc1. The van der Waals surface area contributed by atoms with Gasteiger partial charge in [-0.1, -0.05) is 80.4 Å². The van der Waals surface area contributed by atoms with E-state index in [0.29, 0.717) is 22.5 Å². The van der Waals surface area contributed by atoms with Crippen molar-refractivity contribution in [2.45, 2.75) is 57.8 Å². The molecule has 3 aromatic carbocycles. The van der Waals surface area contributed by atoms with E-state index in [1.54, 1.807) is 25.1 Å². The Bertz CT molecular complexity index is 1520. The number of anilines is 1. The lowest BCUT2D eigenvalue weighted by molar-refractivity contribution is -0.140. The molecule has 0 bridgehead atoms. The molecule has 1 atom stereocenters. The Morgan fingerprint density at radius 2 is 1.60 bits per heavy atom. The van der Waals surface area contributed by atoms with Crippen LogP contribution in [0.3, 0.4) is 0 Å². The van der Waals surface area contributed by atoms with E-state index in [2.05, 4.69) is 5.32 Å². The molecule has 232 valence electrons. The molecule has 0 radical (unpaired) electrons. The Morgan fingerprint density at radius 1 is 0.977 bits per heavy atom. The number of benzene rings is 3. The summed E-state index contributed by atoms with van der Waals surface area (Å²) < 4.78 is 69.4. The average molecular weight is 638 g/mol. The number of hydrogen-bond donors (Lipinski definition) is 1. The number of carbonyl (C=O) groups excluding carboxylic acids is 2. The third-order valence-corrected chi connectivity index (χ3v) is 8.79. The van der Waals surface area contributed by atoms with Crippen LogP contribution in [0.15, 0.2) is 77.7 Å². The van der Waals surface area contributed by atoms with Crippen LogP contribution in [-0.4, -0.2) is 44.3 Å². The number of amides is 2. The van der Waals surface area contributed by atoms with Crippen molar-refractivity contribution in [2.75, 3.05) is 17.4 Å². The summed E-state index contributed by atoms with van der Waals surface area (Å²) in [4.78, 5) is 28.4. The molecule has 3 rings (SSSR count). The minimum Gasteiger partial charge on any atom is -0.354 e. The molecule has 0 aliphatic carbocycles. The van der Waals surface area contributed by atoms with Crippen LogP contribution < -0.4 is 9.62 Å². The van der Waals surface area contributed by atoms with Gasteiger partial charge in [-0.3, -0.25) is 13.9 Å². The molecule has 0 spiro atoms. The fourth-order valence-electron chi connectivity index (χ4n) is 4.35. The topological polar surface area (TPSA) is 86.8 Å². The van der Waals surface area contributed by atoms with Crippen LogP contribution in [0.25, 0.3) is 0 Å². The fraction of sp³-hybridized carbons (Fsp3) is 0.355. The van der Waals surface area contributed by atoms with Crippen LogP contribution in [0, 0.1) is 12.8 Å². The lowest BCUT2D eigenvalue weighted by Gasteiger charge is -2.33. The van der Waals surface area contributed by atoms with Gasteiger partial charge in [-0.05, 0) is 55.2 Å². The normalized spacial score (nSPS) is 12.6. The molecule has 1 unspecified atom stereocenters. The molecule has 0 aromatic heterocycles. The van der Waals surface area contributed by atoms with Gasteiger partial charge in [0.1, 0.15) is 12.6 Å². The molecule has 0 aliphatic heterocycles. The summed E-state index contributed by atoms with van der Waals surface area (Å²) in [5, 5.41) is 2.53. The van der Waals surface area contributed by atoms with Crippen LogP contribution in [0.4, 0.5) is 18.9 Å².